The molecular weight excluding hydrogens is 456 g/mol. The maximum Gasteiger partial charge on any atom is 0.251 e. The van der Waals surface area contributed by atoms with Gasteiger partial charge >= 0.3 is 0 Å². The Morgan fingerprint density at radius 2 is 2.00 bits per heavy atom. The maximum absolute atomic E-state index is 12.8. The van der Waals surface area contributed by atoms with Gasteiger partial charge < -0.3 is 10.1 Å². The van der Waals surface area contributed by atoms with Crippen LogP contribution < -0.4 is 10.1 Å². The number of carbonyl (C=O) groups excluding carboxylic acids is 1. The first-order valence-electron chi connectivity index (χ1n) is 8.15. The van der Waals surface area contributed by atoms with Crippen LogP contribution in [0.25, 0.3) is 0 Å². The minimum Gasteiger partial charge on any atom is -0.493 e. The summed E-state index contributed by atoms with van der Waals surface area (Å²) >= 11 is 9.47. The molecule has 2 aromatic carbocycles. The highest BCUT2D eigenvalue weighted by molar-refractivity contribution is 9.10. The largest absolute Gasteiger partial charge is 0.493 e. The number of benzene rings is 2. The van der Waals surface area contributed by atoms with Crippen molar-refractivity contribution in [3.05, 3.63) is 57.0 Å². The second-order valence-electron chi connectivity index (χ2n) is 6.28. The Hall–Kier alpha value is -1.61. The van der Waals surface area contributed by atoms with Crippen LogP contribution >= 0.6 is 27.5 Å². The minimum absolute atomic E-state index is 0.0700. The third-order valence-electron chi connectivity index (χ3n) is 4.27. The third kappa shape index (κ3) is 4.13. The molecule has 0 spiro atoms. The van der Waals surface area contributed by atoms with Gasteiger partial charge in [-0.05, 0) is 36.4 Å². The molecule has 0 bridgehead atoms. The number of sulfonamides is 1. The smallest absolute Gasteiger partial charge is 0.251 e. The van der Waals surface area contributed by atoms with E-state index in [1.165, 1.54) is 32.3 Å². The lowest BCUT2D eigenvalue weighted by atomic mass is 10.00. The number of rotatable bonds is 4. The van der Waals surface area contributed by atoms with Gasteiger partial charge in [0.25, 0.3) is 5.91 Å². The van der Waals surface area contributed by atoms with E-state index in [9.17, 15) is 13.2 Å². The van der Waals surface area contributed by atoms with Gasteiger partial charge in [0.2, 0.25) is 10.0 Å². The molecule has 6 nitrogen and oxygen atoms in total. The molecule has 1 aliphatic rings. The van der Waals surface area contributed by atoms with Crippen LogP contribution in [0, 0.1) is 0 Å². The lowest BCUT2D eigenvalue weighted by Gasteiger charge is -2.27. The molecule has 1 unspecified atom stereocenters. The summed E-state index contributed by atoms with van der Waals surface area (Å²) in [5, 5.41) is 3.02. The van der Waals surface area contributed by atoms with E-state index >= 15 is 0 Å². The average molecular weight is 474 g/mol. The number of fused-ring (bicyclic) bond motifs is 1. The Balaban J connectivity index is 1.90. The average Bonchev–Trinajstić information content (AvgIpc) is 2.62. The third-order valence-corrected chi connectivity index (χ3v) is 7.06. The molecule has 27 heavy (non-hydrogen) atoms. The van der Waals surface area contributed by atoms with E-state index in [1.807, 2.05) is 18.2 Å². The van der Waals surface area contributed by atoms with E-state index in [4.69, 9.17) is 16.3 Å². The molecule has 1 aliphatic heterocycles. The lowest BCUT2D eigenvalue weighted by Crippen LogP contribution is -2.32. The van der Waals surface area contributed by atoms with Crippen LogP contribution in [0.2, 0.25) is 5.02 Å². The summed E-state index contributed by atoms with van der Waals surface area (Å²) in [5.74, 6) is 0.349. The van der Waals surface area contributed by atoms with Crippen molar-refractivity contribution in [1.82, 2.24) is 9.62 Å². The fourth-order valence-corrected chi connectivity index (χ4v) is 4.57. The number of hydrogen-bond donors (Lipinski definition) is 1. The molecule has 1 atom stereocenters. The van der Waals surface area contributed by atoms with Crippen LogP contribution in [0.3, 0.4) is 0 Å². The molecular formula is C18H18BrClN2O4S. The van der Waals surface area contributed by atoms with E-state index in [0.717, 1.165) is 20.1 Å². The minimum atomic E-state index is -3.76. The summed E-state index contributed by atoms with van der Waals surface area (Å²) in [6, 6.07) is 9.62. The molecule has 2 aromatic rings. The first-order valence-corrected chi connectivity index (χ1v) is 10.8. The summed E-state index contributed by atoms with van der Waals surface area (Å²) in [4.78, 5) is 12.7. The van der Waals surface area contributed by atoms with Crippen molar-refractivity contribution in [1.29, 1.82) is 0 Å². The van der Waals surface area contributed by atoms with E-state index in [-0.39, 0.29) is 27.4 Å². The number of nitrogens with one attached hydrogen (secondary N) is 1. The van der Waals surface area contributed by atoms with Crippen LogP contribution in [0.15, 0.2) is 45.8 Å². The highest BCUT2D eigenvalue weighted by Gasteiger charge is 2.26. The number of amides is 1. The highest BCUT2D eigenvalue weighted by atomic mass is 79.9. The Labute approximate surface area is 171 Å². The number of halogens is 2. The van der Waals surface area contributed by atoms with Crippen LogP contribution in [0.5, 0.6) is 5.75 Å². The van der Waals surface area contributed by atoms with Crippen LogP contribution in [0.4, 0.5) is 0 Å². The van der Waals surface area contributed by atoms with Gasteiger partial charge in [0.05, 0.1) is 17.7 Å². The zero-order chi connectivity index (χ0) is 19.8. The Morgan fingerprint density at radius 1 is 1.26 bits per heavy atom. The Bertz CT molecular complexity index is 995. The Morgan fingerprint density at radius 3 is 2.70 bits per heavy atom. The van der Waals surface area contributed by atoms with E-state index in [1.54, 1.807) is 0 Å². The quantitative estimate of drug-likeness (QED) is 0.736. The predicted octanol–water partition coefficient (Wildman–Crippen LogP) is 3.61. The molecule has 0 saturated carbocycles. The molecule has 1 heterocycles. The maximum atomic E-state index is 12.8. The van der Waals surface area contributed by atoms with Crippen molar-refractivity contribution in [2.45, 2.75) is 17.4 Å². The summed E-state index contributed by atoms with van der Waals surface area (Å²) in [7, 11) is -0.932. The molecule has 0 fully saturated rings. The summed E-state index contributed by atoms with van der Waals surface area (Å²) in [6.07, 6.45) is 0.617. The number of carbonyl (C=O) groups is 1. The molecule has 1 amide bonds. The summed E-state index contributed by atoms with van der Waals surface area (Å²) < 4.78 is 32.4. The van der Waals surface area contributed by atoms with E-state index in [2.05, 4.69) is 21.2 Å². The topological polar surface area (TPSA) is 75.7 Å². The molecule has 9 heteroatoms. The highest BCUT2D eigenvalue weighted by Crippen LogP contribution is 2.34. The van der Waals surface area contributed by atoms with Gasteiger partial charge in [-0.25, -0.2) is 12.7 Å². The second-order valence-corrected chi connectivity index (χ2v) is 9.72. The monoisotopic (exact) mass is 472 g/mol. The van der Waals surface area contributed by atoms with E-state index in [0.29, 0.717) is 13.0 Å². The van der Waals surface area contributed by atoms with E-state index < -0.39 is 10.0 Å². The fourth-order valence-electron chi connectivity index (χ4n) is 2.80. The summed E-state index contributed by atoms with van der Waals surface area (Å²) in [5.41, 5.74) is 1.10. The van der Waals surface area contributed by atoms with Gasteiger partial charge in [-0.15, -0.1) is 0 Å². The molecule has 0 saturated heterocycles. The number of ether oxygens (including phenoxy) is 1. The molecule has 0 radical (unpaired) electrons. The first-order chi connectivity index (χ1) is 12.7. The predicted molar refractivity (Wildman–Crippen MR) is 107 cm³/mol. The van der Waals surface area contributed by atoms with Crippen molar-refractivity contribution in [3.63, 3.8) is 0 Å². The zero-order valence-electron chi connectivity index (χ0n) is 14.7. The van der Waals surface area contributed by atoms with Crippen LogP contribution in [-0.4, -0.2) is 39.3 Å². The molecule has 3 rings (SSSR count). The zero-order valence-corrected chi connectivity index (χ0v) is 17.9. The van der Waals surface area contributed by atoms with Gasteiger partial charge in [0.15, 0.2) is 0 Å². The molecule has 0 aliphatic carbocycles. The second kappa shape index (κ2) is 7.79. The van der Waals surface area contributed by atoms with Crippen LogP contribution in [0.1, 0.15) is 28.4 Å². The Kier molecular flexibility index (Phi) is 5.81. The molecule has 144 valence electrons. The molecule has 1 N–H and O–H groups in total. The fraction of sp³-hybridized carbons (Fsp3) is 0.278. The van der Waals surface area contributed by atoms with Crippen molar-refractivity contribution in [3.8, 4) is 5.75 Å². The van der Waals surface area contributed by atoms with Crippen molar-refractivity contribution in [2.24, 2.45) is 0 Å². The SMILES string of the molecule is CN(C)S(=O)(=O)c1cc(C(=O)NC2CCOc3ccc(Br)cc32)ccc1Cl. The van der Waals surface area contributed by atoms with Crippen molar-refractivity contribution >= 4 is 43.5 Å². The van der Waals surface area contributed by atoms with Gasteiger partial charge in [0.1, 0.15) is 10.6 Å². The van der Waals surface area contributed by atoms with Gasteiger partial charge in [0, 0.05) is 36.1 Å². The van der Waals surface area contributed by atoms with Gasteiger partial charge in [-0.1, -0.05) is 27.5 Å². The van der Waals surface area contributed by atoms with Gasteiger partial charge in [-0.3, -0.25) is 4.79 Å². The molecule has 0 aromatic heterocycles. The van der Waals surface area contributed by atoms with Gasteiger partial charge in [-0.2, -0.15) is 0 Å². The number of hydrogen-bond acceptors (Lipinski definition) is 4. The summed E-state index contributed by atoms with van der Waals surface area (Å²) in [6.45, 7) is 0.487. The normalized spacial score (nSPS) is 16.6. The standard InChI is InChI=1S/C18H18BrClN2O4S/c1-22(2)27(24,25)17-9-11(3-5-14(17)20)18(23)21-15-7-8-26-16-6-4-12(19)10-13(15)16/h3-6,9-10,15H,7-8H2,1-2H3,(H,21,23). The first kappa shape index (κ1) is 20.1. The number of nitrogens with zero attached hydrogens (tertiary/aromatic N) is 1. The van der Waals surface area contributed by atoms with Crippen molar-refractivity contribution in [2.75, 3.05) is 20.7 Å². The lowest BCUT2D eigenvalue weighted by molar-refractivity contribution is 0.0924. The van der Waals surface area contributed by atoms with Crippen molar-refractivity contribution < 1.29 is 17.9 Å². The van der Waals surface area contributed by atoms with Crippen LogP contribution in [-0.2, 0) is 10.0 Å².